The predicted molar refractivity (Wildman–Crippen MR) is 93.5 cm³/mol. The number of hydrogen-bond acceptors (Lipinski definition) is 4. The maximum Gasteiger partial charge on any atom is 0.471 e. The van der Waals surface area contributed by atoms with Gasteiger partial charge in [0.25, 0.3) is 0 Å². The zero-order valence-corrected chi connectivity index (χ0v) is 14.7. The van der Waals surface area contributed by atoms with Gasteiger partial charge in [-0.15, -0.1) is 0 Å². The van der Waals surface area contributed by atoms with Crippen LogP contribution in [0.5, 0.6) is 0 Å². The van der Waals surface area contributed by atoms with Crippen molar-refractivity contribution in [1.29, 1.82) is 0 Å². The van der Waals surface area contributed by atoms with Gasteiger partial charge >= 0.3 is 12.1 Å². The minimum absolute atomic E-state index is 0.0244. The molecule has 3 rings (SSSR count). The third-order valence-electron chi connectivity index (χ3n) is 3.92. The zero-order chi connectivity index (χ0) is 19.4. The highest BCUT2D eigenvalue weighted by Gasteiger charge is 2.38. The number of ketones is 1. The number of aromatic nitrogens is 2. The molecule has 0 spiro atoms. The molecule has 27 heavy (non-hydrogen) atoms. The Kier molecular flexibility index (Phi) is 5.60. The number of hydrogen-bond donors (Lipinski definition) is 0. The molecule has 0 saturated heterocycles. The fraction of sp³-hybridized carbons (Fsp3) is 0.211. The molecule has 1 aromatic heterocycles. The van der Waals surface area contributed by atoms with Gasteiger partial charge in [0.2, 0.25) is 5.82 Å². The molecule has 3 aromatic rings. The van der Waals surface area contributed by atoms with Crippen molar-refractivity contribution in [2.45, 2.75) is 25.4 Å². The van der Waals surface area contributed by atoms with Crippen LogP contribution in [0.2, 0.25) is 5.02 Å². The number of halogens is 4. The van der Waals surface area contributed by atoms with Crippen LogP contribution in [-0.2, 0) is 12.6 Å². The minimum Gasteiger partial charge on any atom is -0.329 e. The molecule has 0 atom stereocenters. The molecule has 0 saturated carbocycles. The summed E-state index contributed by atoms with van der Waals surface area (Å²) < 4.78 is 41.7. The molecule has 0 amide bonds. The second-order valence-electron chi connectivity index (χ2n) is 5.87. The van der Waals surface area contributed by atoms with Gasteiger partial charge in [-0.1, -0.05) is 53.2 Å². The van der Waals surface area contributed by atoms with Crippen LogP contribution in [0.15, 0.2) is 53.1 Å². The molecular weight excluding hydrogens is 381 g/mol. The maximum absolute atomic E-state index is 12.5. The van der Waals surface area contributed by atoms with Gasteiger partial charge in [0.1, 0.15) is 0 Å². The van der Waals surface area contributed by atoms with Crippen molar-refractivity contribution in [3.05, 3.63) is 70.6 Å². The number of carbonyl (C=O) groups excluding carboxylic acids is 1. The fourth-order valence-electron chi connectivity index (χ4n) is 2.55. The number of carbonyl (C=O) groups is 1. The first-order valence-corrected chi connectivity index (χ1v) is 8.50. The molecule has 4 nitrogen and oxygen atoms in total. The lowest BCUT2D eigenvalue weighted by molar-refractivity contribution is -0.159. The highest BCUT2D eigenvalue weighted by molar-refractivity contribution is 6.33. The van der Waals surface area contributed by atoms with Gasteiger partial charge in [-0.05, 0) is 30.5 Å². The monoisotopic (exact) mass is 394 g/mol. The van der Waals surface area contributed by atoms with Crippen LogP contribution in [-0.4, -0.2) is 15.9 Å². The smallest absolute Gasteiger partial charge is 0.329 e. The highest BCUT2D eigenvalue weighted by Crippen LogP contribution is 2.29. The Morgan fingerprint density at radius 2 is 1.78 bits per heavy atom. The highest BCUT2D eigenvalue weighted by atomic mass is 35.5. The van der Waals surface area contributed by atoms with Gasteiger partial charge in [0.05, 0.1) is 5.02 Å². The van der Waals surface area contributed by atoms with Crippen LogP contribution >= 0.6 is 11.6 Å². The molecule has 1 heterocycles. The Balaban J connectivity index is 1.57. The van der Waals surface area contributed by atoms with Crippen LogP contribution in [0.3, 0.4) is 0 Å². The van der Waals surface area contributed by atoms with Crippen LogP contribution in [0.25, 0.3) is 11.4 Å². The summed E-state index contributed by atoms with van der Waals surface area (Å²) in [5.41, 5.74) is 1.88. The SMILES string of the molecule is O=C(CCCc1ccc(-c2noc(C(F)(F)F)n2)cc1)c1ccccc1Cl. The van der Waals surface area contributed by atoms with Gasteiger partial charge in [-0.25, -0.2) is 0 Å². The van der Waals surface area contributed by atoms with Crippen LogP contribution in [0.4, 0.5) is 13.2 Å². The van der Waals surface area contributed by atoms with E-state index in [1.165, 1.54) is 0 Å². The van der Waals surface area contributed by atoms with Gasteiger partial charge in [0.15, 0.2) is 5.78 Å². The summed E-state index contributed by atoms with van der Waals surface area (Å²) in [6.45, 7) is 0. The number of Topliss-reactive ketones (excluding diaryl/α,β-unsaturated/α-hetero) is 1. The maximum atomic E-state index is 12.5. The first-order valence-electron chi connectivity index (χ1n) is 8.12. The van der Waals surface area contributed by atoms with Crippen molar-refractivity contribution in [2.75, 3.05) is 0 Å². The topological polar surface area (TPSA) is 56.0 Å². The molecule has 0 radical (unpaired) electrons. The molecule has 0 aliphatic heterocycles. The lowest BCUT2D eigenvalue weighted by atomic mass is 10.0. The molecule has 8 heteroatoms. The van der Waals surface area contributed by atoms with E-state index in [1.54, 1.807) is 48.5 Å². The average Bonchev–Trinajstić information content (AvgIpc) is 3.13. The molecule has 140 valence electrons. The Morgan fingerprint density at radius 1 is 1.07 bits per heavy atom. The molecule has 0 aliphatic carbocycles. The Labute approximate surface area is 158 Å². The van der Waals surface area contributed by atoms with Gasteiger partial charge in [-0.3, -0.25) is 4.79 Å². The largest absolute Gasteiger partial charge is 0.471 e. The molecule has 0 aliphatic rings. The number of benzene rings is 2. The predicted octanol–water partition coefficient (Wildman–Crippen LogP) is 5.61. The van der Waals surface area contributed by atoms with E-state index in [1.807, 2.05) is 0 Å². The van der Waals surface area contributed by atoms with Crippen LogP contribution < -0.4 is 0 Å². The standard InChI is InChI=1S/C19H14ClF3N2O2/c20-15-6-2-1-5-14(15)16(26)7-3-4-12-8-10-13(11-9-12)17-24-18(27-25-17)19(21,22)23/h1-2,5-6,8-11H,3-4,7H2. The van der Waals surface area contributed by atoms with E-state index in [-0.39, 0.29) is 11.6 Å². The van der Waals surface area contributed by atoms with E-state index in [4.69, 9.17) is 11.6 Å². The summed E-state index contributed by atoms with van der Waals surface area (Å²) >= 11 is 6.01. The van der Waals surface area contributed by atoms with Gasteiger partial charge < -0.3 is 4.52 Å². The normalized spacial score (nSPS) is 11.6. The third-order valence-corrected chi connectivity index (χ3v) is 4.25. The van der Waals surface area contributed by atoms with Gasteiger partial charge in [0, 0.05) is 17.5 Å². The second-order valence-corrected chi connectivity index (χ2v) is 6.28. The molecule has 0 N–H and O–H groups in total. The Hall–Kier alpha value is -2.67. The van der Waals surface area contributed by atoms with Crippen molar-refractivity contribution >= 4 is 17.4 Å². The summed E-state index contributed by atoms with van der Waals surface area (Å²) in [4.78, 5) is 15.5. The first kappa shape index (κ1) is 19.1. The van der Waals surface area contributed by atoms with E-state index in [9.17, 15) is 18.0 Å². The van der Waals surface area contributed by atoms with Crippen LogP contribution in [0, 0.1) is 0 Å². The lowest BCUT2D eigenvalue weighted by Crippen LogP contribution is -2.04. The lowest BCUT2D eigenvalue weighted by Gasteiger charge is -2.04. The molecule has 0 bridgehead atoms. The molecule has 0 unspecified atom stereocenters. The summed E-state index contributed by atoms with van der Waals surface area (Å²) in [5, 5.41) is 3.78. The van der Waals surface area contributed by atoms with E-state index < -0.39 is 12.1 Å². The molecule has 2 aromatic carbocycles. The summed E-state index contributed by atoms with van der Waals surface area (Å²) in [7, 11) is 0. The number of nitrogens with zero attached hydrogens (tertiary/aromatic N) is 2. The third kappa shape index (κ3) is 4.74. The molecular formula is C19H14ClF3N2O2. The van der Waals surface area contributed by atoms with E-state index in [2.05, 4.69) is 14.7 Å². The van der Waals surface area contributed by atoms with E-state index >= 15 is 0 Å². The zero-order valence-electron chi connectivity index (χ0n) is 14.0. The Bertz CT molecular complexity index is 937. The summed E-state index contributed by atoms with van der Waals surface area (Å²) in [6, 6.07) is 13.7. The number of aryl methyl sites for hydroxylation is 1. The van der Waals surface area contributed by atoms with Crippen molar-refractivity contribution < 1.29 is 22.5 Å². The first-order chi connectivity index (χ1) is 12.8. The van der Waals surface area contributed by atoms with Crippen molar-refractivity contribution in [1.82, 2.24) is 10.1 Å². The summed E-state index contributed by atoms with van der Waals surface area (Å²) in [5.74, 6) is -1.52. The Morgan fingerprint density at radius 3 is 2.41 bits per heavy atom. The number of rotatable bonds is 6. The van der Waals surface area contributed by atoms with Crippen molar-refractivity contribution in [3.8, 4) is 11.4 Å². The second kappa shape index (κ2) is 7.92. The van der Waals surface area contributed by atoms with E-state index in [0.29, 0.717) is 35.4 Å². The van der Waals surface area contributed by atoms with Crippen molar-refractivity contribution in [2.24, 2.45) is 0 Å². The van der Waals surface area contributed by atoms with Crippen molar-refractivity contribution in [3.63, 3.8) is 0 Å². The number of alkyl halides is 3. The fourth-order valence-corrected chi connectivity index (χ4v) is 2.79. The quantitative estimate of drug-likeness (QED) is 0.509. The molecule has 0 fully saturated rings. The average molecular weight is 395 g/mol. The van der Waals surface area contributed by atoms with E-state index in [0.717, 1.165) is 5.56 Å². The van der Waals surface area contributed by atoms with Crippen LogP contribution in [0.1, 0.15) is 34.7 Å². The summed E-state index contributed by atoms with van der Waals surface area (Å²) in [6.07, 6.45) is -3.04. The van der Waals surface area contributed by atoms with Gasteiger partial charge in [-0.2, -0.15) is 18.2 Å². The minimum atomic E-state index is -4.67.